The summed E-state index contributed by atoms with van der Waals surface area (Å²) in [7, 11) is 2.18. The van der Waals surface area contributed by atoms with Crippen molar-refractivity contribution in [3.63, 3.8) is 0 Å². The second-order valence-electron chi connectivity index (χ2n) is 4.58. The second kappa shape index (κ2) is 9.16. The van der Waals surface area contributed by atoms with Crippen molar-refractivity contribution in [3.05, 3.63) is 0 Å². The molecule has 0 bridgehead atoms. The normalized spacial score (nSPS) is 22.2. The Morgan fingerprint density at radius 3 is 3.06 bits per heavy atom. The summed E-state index contributed by atoms with van der Waals surface area (Å²) in [5.74, 6) is 0. The van der Waals surface area contributed by atoms with Gasteiger partial charge in [0, 0.05) is 32.7 Å². The van der Waals surface area contributed by atoms with Gasteiger partial charge < -0.3 is 9.64 Å². The lowest BCUT2D eigenvalue weighted by Crippen LogP contribution is -2.45. The van der Waals surface area contributed by atoms with Crippen LogP contribution in [-0.2, 0) is 4.74 Å². The Morgan fingerprint density at radius 2 is 2.35 bits per heavy atom. The first kappa shape index (κ1) is 15.2. The van der Waals surface area contributed by atoms with E-state index in [2.05, 4.69) is 34.7 Å². The Bertz CT molecular complexity index is 195. The number of hydrogen-bond donors (Lipinski definition) is 1. The van der Waals surface area contributed by atoms with E-state index in [0.717, 1.165) is 45.8 Å². The number of rotatable bonds is 8. The molecule has 0 radical (unpaired) electrons. The van der Waals surface area contributed by atoms with Crippen LogP contribution in [0.3, 0.4) is 0 Å². The van der Waals surface area contributed by atoms with E-state index >= 15 is 0 Å². The van der Waals surface area contributed by atoms with Crippen molar-refractivity contribution in [1.82, 2.24) is 14.5 Å². The molecule has 0 spiro atoms. The highest BCUT2D eigenvalue weighted by atomic mass is 32.2. The van der Waals surface area contributed by atoms with E-state index in [1.54, 1.807) is 11.9 Å². The minimum atomic E-state index is 0.412. The Labute approximate surface area is 110 Å². The van der Waals surface area contributed by atoms with Crippen LogP contribution in [0.15, 0.2) is 0 Å². The lowest BCUT2D eigenvalue weighted by atomic mass is 10.2. The zero-order valence-corrected chi connectivity index (χ0v) is 12.3. The lowest BCUT2D eigenvalue weighted by molar-refractivity contribution is -0.0324. The van der Waals surface area contributed by atoms with Crippen LogP contribution in [-0.4, -0.2) is 75.1 Å². The van der Waals surface area contributed by atoms with E-state index in [4.69, 9.17) is 4.74 Å². The van der Waals surface area contributed by atoms with E-state index < -0.39 is 0 Å². The van der Waals surface area contributed by atoms with Crippen LogP contribution in [0, 0.1) is 0 Å². The molecule has 0 aromatic heterocycles. The summed E-state index contributed by atoms with van der Waals surface area (Å²) in [6.07, 6.45) is 3.59. The van der Waals surface area contributed by atoms with Gasteiger partial charge in [-0.1, -0.05) is 18.9 Å². The lowest BCUT2D eigenvalue weighted by Gasteiger charge is -2.33. The maximum Gasteiger partial charge on any atom is 0.0715 e. The number of hydrogen-bond acceptors (Lipinski definition) is 5. The average Bonchev–Trinajstić information content (AvgIpc) is 2.37. The number of likely N-dealkylation sites (N-methyl/N-ethyl adjacent to an activating group) is 1. The number of nitrogens with one attached hydrogen (secondary N) is 1. The molecule has 0 saturated carbocycles. The highest BCUT2D eigenvalue weighted by molar-refractivity contribution is 7.96. The van der Waals surface area contributed by atoms with Crippen LogP contribution in [0.4, 0.5) is 0 Å². The second-order valence-corrected chi connectivity index (χ2v) is 5.27. The van der Waals surface area contributed by atoms with Crippen molar-refractivity contribution in [3.8, 4) is 0 Å². The van der Waals surface area contributed by atoms with Gasteiger partial charge in [-0.05, 0) is 26.3 Å². The Hall–Kier alpha value is 0.190. The van der Waals surface area contributed by atoms with Crippen molar-refractivity contribution in [2.24, 2.45) is 0 Å². The third-order valence-corrected chi connectivity index (χ3v) is 3.77. The molecule has 102 valence electrons. The molecule has 1 rings (SSSR count). The molecule has 0 amide bonds. The average molecular weight is 261 g/mol. The third kappa shape index (κ3) is 6.62. The van der Waals surface area contributed by atoms with E-state index in [1.807, 2.05) is 0 Å². The molecule has 4 nitrogen and oxygen atoms in total. The molecule has 0 aliphatic carbocycles. The largest absolute Gasteiger partial charge is 0.376 e. The molecule has 0 aromatic rings. The fraction of sp³-hybridized carbons (Fsp3) is 1.00. The summed E-state index contributed by atoms with van der Waals surface area (Å²) in [5, 5.41) is 0. The molecule has 0 aromatic carbocycles. The van der Waals surface area contributed by atoms with Gasteiger partial charge in [0.25, 0.3) is 0 Å². The monoisotopic (exact) mass is 261 g/mol. The van der Waals surface area contributed by atoms with Gasteiger partial charge in [0.2, 0.25) is 0 Å². The molecule has 5 heteroatoms. The van der Waals surface area contributed by atoms with Gasteiger partial charge in [-0.25, -0.2) is 0 Å². The standard InChI is InChI=1S/C12H27N3OS/c1-4-14(2)7-8-15-9-10-16-12(11-15)5-6-13-17-3/h12-13H,4-11H2,1-3H3/t12-/m0/s1. The maximum absolute atomic E-state index is 5.78. The summed E-state index contributed by atoms with van der Waals surface area (Å²) in [6.45, 7) is 9.76. The maximum atomic E-state index is 5.78. The molecule has 1 aliphatic heterocycles. The van der Waals surface area contributed by atoms with Crippen molar-refractivity contribution < 1.29 is 4.74 Å². The number of morpholine rings is 1. The molecule has 1 fully saturated rings. The molecular weight excluding hydrogens is 234 g/mol. The molecule has 0 unspecified atom stereocenters. The SMILES string of the molecule is CCN(C)CCN1CCO[C@@H](CCNSC)C1. The molecule has 1 heterocycles. The van der Waals surface area contributed by atoms with Gasteiger partial charge >= 0.3 is 0 Å². The molecule has 1 atom stereocenters. The van der Waals surface area contributed by atoms with Crippen molar-refractivity contribution in [2.75, 3.05) is 59.2 Å². The van der Waals surface area contributed by atoms with Crippen molar-refractivity contribution in [1.29, 1.82) is 0 Å². The summed E-state index contributed by atoms with van der Waals surface area (Å²) in [6, 6.07) is 0. The molecule has 1 N–H and O–H groups in total. The topological polar surface area (TPSA) is 27.7 Å². The fourth-order valence-electron chi connectivity index (χ4n) is 1.95. The van der Waals surface area contributed by atoms with E-state index in [9.17, 15) is 0 Å². The van der Waals surface area contributed by atoms with Gasteiger partial charge in [0.05, 0.1) is 12.7 Å². The van der Waals surface area contributed by atoms with Gasteiger partial charge in [0.15, 0.2) is 0 Å². The zero-order chi connectivity index (χ0) is 12.5. The fourth-order valence-corrected chi connectivity index (χ4v) is 2.27. The summed E-state index contributed by atoms with van der Waals surface area (Å²) in [5.41, 5.74) is 0. The van der Waals surface area contributed by atoms with Crippen LogP contribution in [0.1, 0.15) is 13.3 Å². The summed E-state index contributed by atoms with van der Waals surface area (Å²) >= 11 is 1.68. The molecule has 17 heavy (non-hydrogen) atoms. The van der Waals surface area contributed by atoms with Crippen molar-refractivity contribution in [2.45, 2.75) is 19.4 Å². The Morgan fingerprint density at radius 1 is 1.53 bits per heavy atom. The molecule has 1 aliphatic rings. The van der Waals surface area contributed by atoms with Gasteiger partial charge in [-0.2, -0.15) is 0 Å². The summed E-state index contributed by atoms with van der Waals surface area (Å²) in [4.78, 5) is 4.89. The van der Waals surface area contributed by atoms with Crippen molar-refractivity contribution >= 4 is 11.9 Å². The first-order chi connectivity index (χ1) is 8.26. The van der Waals surface area contributed by atoms with Gasteiger partial charge in [-0.3, -0.25) is 9.62 Å². The van der Waals surface area contributed by atoms with Crippen LogP contribution in [0.5, 0.6) is 0 Å². The van der Waals surface area contributed by atoms with Crippen LogP contribution in [0.25, 0.3) is 0 Å². The smallest absolute Gasteiger partial charge is 0.0715 e. The zero-order valence-electron chi connectivity index (χ0n) is 11.4. The molecular formula is C12H27N3OS. The number of nitrogens with zero attached hydrogens (tertiary/aromatic N) is 2. The first-order valence-electron chi connectivity index (χ1n) is 6.54. The van der Waals surface area contributed by atoms with E-state index in [1.165, 1.54) is 6.54 Å². The Balaban J connectivity index is 2.14. The Kier molecular flexibility index (Phi) is 8.22. The van der Waals surface area contributed by atoms with Crippen LogP contribution < -0.4 is 4.72 Å². The minimum Gasteiger partial charge on any atom is -0.376 e. The van der Waals surface area contributed by atoms with E-state index in [-0.39, 0.29) is 0 Å². The van der Waals surface area contributed by atoms with Crippen LogP contribution in [0.2, 0.25) is 0 Å². The minimum absolute atomic E-state index is 0.412. The quantitative estimate of drug-likeness (QED) is 0.518. The van der Waals surface area contributed by atoms with Gasteiger partial charge in [-0.15, -0.1) is 0 Å². The van der Waals surface area contributed by atoms with Gasteiger partial charge in [0.1, 0.15) is 0 Å². The first-order valence-corrected chi connectivity index (χ1v) is 7.77. The third-order valence-electron chi connectivity index (χ3n) is 3.27. The predicted octanol–water partition coefficient (Wildman–Crippen LogP) is 0.897. The highest BCUT2D eigenvalue weighted by Crippen LogP contribution is 2.08. The predicted molar refractivity (Wildman–Crippen MR) is 75.5 cm³/mol. The van der Waals surface area contributed by atoms with E-state index in [0.29, 0.717) is 6.10 Å². The van der Waals surface area contributed by atoms with Crippen LogP contribution >= 0.6 is 11.9 Å². The number of ether oxygens (including phenoxy) is 1. The highest BCUT2D eigenvalue weighted by Gasteiger charge is 2.19. The summed E-state index contributed by atoms with van der Waals surface area (Å²) < 4.78 is 9.06. The molecule has 1 saturated heterocycles.